The Kier molecular flexibility index (Phi) is 62.7. The second kappa shape index (κ2) is 73.9. The Morgan fingerprint density at radius 3 is 1.04 bits per heavy atom. The van der Waals surface area contributed by atoms with Gasteiger partial charge in [0.2, 0.25) is 11.7 Å². The lowest BCUT2D eigenvalue weighted by Gasteiger charge is -2.18. The van der Waals surface area contributed by atoms with Crippen molar-refractivity contribution in [1.29, 1.82) is 0 Å². The summed E-state index contributed by atoms with van der Waals surface area (Å²) in [6, 6.07) is 103. The molecule has 134 heavy (non-hydrogen) atoms. The molecule has 0 aliphatic rings. The zero-order valence-electron chi connectivity index (χ0n) is 81.2. The summed E-state index contributed by atoms with van der Waals surface area (Å²) in [6.07, 6.45) is 4.95. The molecular formula is C111H143N3O20. The number of carbonyl (C=O) groups excluding carboxylic acids is 2. The minimum atomic E-state index is -0.454. The van der Waals surface area contributed by atoms with Crippen molar-refractivity contribution in [2.45, 2.75) is 83.4 Å². The standard InChI is InChI=1S/C17H19NO3.2C16H18O2.C12H18O4.C11H15NO2.3C10H14O2.C9H13NO/c1-20-13-16(15-10-6-3-7-11-15)18-17(19)21-12-14-8-4-2-5-9-14;1-17-12-11-15-9-5-6-10-16(15)18-13-14-7-3-2-4-8-14;1-17-11-10-14-8-5-9-16(12-14)18-13-15-6-3-2-4-7-15;1-13-6-5-9-7-10(14-2)12(16-4)11(8-9)15-3;1-9(13)12-11(8-14-2)10-6-4-3-5-7-10;1-11-8-7-9-3-5-10(12-2)6-4-9;1-11-7-6-9-4-3-5-10(8-9)12-2;1-11-8-7-9-5-3-4-6-10(9)12-2;1-11-7-9(10)8-5-3-2-4-6-8/h2-11,16H,12-13H2,1H3,(H,18,19);2-10H,11-13H2,1H3;2-9,12H,10-11,13H2,1H3;7-8H,5-6H2,1-4H3;3-7,11H,8H2,1-2H3,(H,12,13);3-6H,7-8H2,1-2H3;3-5,8H,6-7H2,1-2H3;3-6H,7-8H2,1-2H3;2-6,9H,7,10H2,1H3/t16-;;;;11-;;;;9-/m0...0...0/s1. The summed E-state index contributed by atoms with van der Waals surface area (Å²) in [5.41, 5.74) is 19.5. The fourth-order valence-corrected chi connectivity index (χ4v) is 12.5. The molecule has 2 amide bonds. The van der Waals surface area contributed by atoms with Crippen molar-refractivity contribution in [2.24, 2.45) is 5.73 Å². The highest BCUT2D eigenvalue weighted by molar-refractivity contribution is 5.73. The van der Waals surface area contributed by atoms with Gasteiger partial charge in [-0.2, -0.15) is 0 Å². The number of carbonyl (C=O) groups is 2. The van der Waals surface area contributed by atoms with E-state index in [1.54, 1.807) is 107 Å². The highest BCUT2D eigenvalue weighted by Gasteiger charge is 2.17. The Balaban J connectivity index is 0.000000318. The first kappa shape index (κ1) is 114. The van der Waals surface area contributed by atoms with Gasteiger partial charge in [0.1, 0.15) is 48.6 Å². The van der Waals surface area contributed by atoms with Gasteiger partial charge in [-0.15, -0.1) is 0 Å². The smallest absolute Gasteiger partial charge is 0.408 e. The molecule has 0 radical (unpaired) electrons. The maximum atomic E-state index is 11.9. The van der Waals surface area contributed by atoms with E-state index in [0.29, 0.717) is 63.5 Å². The Labute approximate surface area is 796 Å². The normalized spacial score (nSPS) is 10.8. The van der Waals surface area contributed by atoms with E-state index < -0.39 is 6.09 Å². The summed E-state index contributed by atoms with van der Waals surface area (Å²) in [5.74, 6) is 6.52. The minimum absolute atomic E-state index is 0.00111. The van der Waals surface area contributed by atoms with Crippen LogP contribution in [0.4, 0.5) is 4.79 Å². The Morgan fingerprint density at radius 1 is 0.269 bits per heavy atom. The van der Waals surface area contributed by atoms with Crippen LogP contribution in [0.25, 0.3) is 0 Å². The van der Waals surface area contributed by atoms with E-state index in [0.717, 1.165) is 122 Å². The number of para-hydroxylation sites is 2. The number of hydrogen-bond donors (Lipinski definition) is 3. The van der Waals surface area contributed by atoms with Crippen molar-refractivity contribution >= 4 is 12.0 Å². The molecule has 0 saturated carbocycles. The molecule has 0 unspecified atom stereocenters. The van der Waals surface area contributed by atoms with Crippen LogP contribution in [0.1, 0.15) is 91.8 Å². The number of ether oxygens (including phenoxy) is 18. The molecule has 12 aromatic rings. The van der Waals surface area contributed by atoms with Crippen LogP contribution in [0.15, 0.2) is 315 Å². The molecule has 12 aromatic carbocycles. The number of methoxy groups -OCH3 is 15. The van der Waals surface area contributed by atoms with E-state index in [1.807, 2.05) is 249 Å². The molecule has 722 valence electrons. The summed E-state index contributed by atoms with van der Waals surface area (Å²) < 4.78 is 93.2. The molecule has 0 aliphatic heterocycles. The average Bonchev–Trinajstić information content (AvgIpc) is 0.830. The molecule has 23 heteroatoms. The predicted octanol–water partition coefficient (Wildman–Crippen LogP) is 20.6. The van der Waals surface area contributed by atoms with E-state index in [1.165, 1.54) is 45.9 Å². The lowest BCUT2D eigenvalue weighted by molar-refractivity contribution is -0.120. The zero-order valence-corrected chi connectivity index (χ0v) is 81.2. The maximum Gasteiger partial charge on any atom is 0.408 e. The van der Waals surface area contributed by atoms with Gasteiger partial charge in [0.15, 0.2) is 11.5 Å². The van der Waals surface area contributed by atoms with Crippen molar-refractivity contribution in [3.05, 3.63) is 382 Å². The fraction of sp³-hybridized carbons (Fsp3) is 0.333. The van der Waals surface area contributed by atoms with E-state index >= 15 is 0 Å². The van der Waals surface area contributed by atoms with Gasteiger partial charge in [-0.05, 0) is 166 Å². The van der Waals surface area contributed by atoms with Gasteiger partial charge in [0.25, 0.3) is 0 Å². The Morgan fingerprint density at radius 2 is 0.619 bits per heavy atom. The summed E-state index contributed by atoms with van der Waals surface area (Å²) in [6.45, 7) is 8.80. The van der Waals surface area contributed by atoms with E-state index in [9.17, 15) is 9.59 Å². The third-order valence-corrected chi connectivity index (χ3v) is 19.6. The number of amides is 2. The molecule has 0 saturated heterocycles. The average molecular weight is 1840 g/mol. The number of nitrogens with two attached hydrogens (primary N) is 1. The molecule has 0 bridgehead atoms. The first-order valence-corrected chi connectivity index (χ1v) is 44.3. The molecule has 3 atom stereocenters. The predicted molar refractivity (Wildman–Crippen MR) is 534 cm³/mol. The van der Waals surface area contributed by atoms with Crippen molar-refractivity contribution < 1.29 is 94.9 Å². The highest BCUT2D eigenvalue weighted by Crippen LogP contribution is 2.38. The molecule has 0 aliphatic carbocycles. The summed E-state index contributed by atoms with van der Waals surface area (Å²) in [7, 11) is 25.0. The van der Waals surface area contributed by atoms with E-state index in [2.05, 4.69) is 77.4 Å². The summed E-state index contributed by atoms with van der Waals surface area (Å²) >= 11 is 0. The summed E-state index contributed by atoms with van der Waals surface area (Å²) in [5, 5.41) is 5.65. The van der Waals surface area contributed by atoms with Gasteiger partial charge in [-0.25, -0.2) is 4.79 Å². The van der Waals surface area contributed by atoms with Crippen molar-refractivity contribution in [1.82, 2.24) is 10.6 Å². The van der Waals surface area contributed by atoms with Crippen molar-refractivity contribution in [3.63, 3.8) is 0 Å². The Hall–Kier alpha value is -12.6. The van der Waals surface area contributed by atoms with Crippen LogP contribution in [0, 0.1) is 0 Å². The SMILES string of the molecule is COCCc1cc(OC)c(OC)c(OC)c1.COCCc1ccc(OC)cc1.COCCc1cccc(OC)c1.COCCc1cccc(OCc2ccccc2)c1.COCCc1ccccc1OC.COCCc1ccccc1OCc1ccccc1.COC[C@H](N)c1ccccc1.COC[C@H](NC(=O)OCc1ccccc1)c1ccccc1.COC[C@H](NC(C)=O)c1ccccc1. The molecule has 0 spiro atoms. The third-order valence-electron chi connectivity index (χ3n) is 19.6. The molecule has 0 aromatic heterocycles. The van der Waals surface area contributed by atoms with Gasteiger partial charge in [-0.3, -0.25) is 4.79 Å². The zero-order chi connectivity index (χ0) is 97.1. The van der Waals surface area contributed by atoms with Crippen LogP contribution in [-0.4, -0.2) is 178 Å². The molecule has 0 fully saturated rings. The highest BCUT2D eigenvalue weighted by atomic mass is 16.6. The molecular weight excluding hydrogens is 1700 g/mol. The quantitative estimate of drug-likeness (QED) is 0.0321. The first-order valence-electron chi connectivity index (χ1n) is 44.3. The van der Waals surface area contributed by atoms with Gasteiger partial charge in [0, 0.05) is 70.9 Å². The number of nitrogens with one attached hydrogen (secondary N) is 2. The van der Waals surface area contributed by atoms with E-state index in [-0.39, 0.29) is 30.6 Å². The van der Waals surface area contributed by atoms with Crippen LogP contribution in [0.5, 0.6) is 46.0 Å². The number of hydrogen-bond acceptors (Lipinski definition) is 21. The second-order valence-electron chi connectivity index (χ2n) is 29.5. The summed E-state index contributed by atoms with van der Waals surface area (Å²) in [4.78, 5) is 22.8. The fourth-order valence-electron chi connectivity index (χ4n) is 12.5. The largest absolute Gasteiger partial charge is 0.497 e. The van der Waals surface area contributed by atoms with Gasteiger partial charge >= 0.3 is 6.09 Å². The topological polar surface area (TPSA) is 250 Å². The monoisotopic (exact) mass is 1840 g/mol. The van der Waals surface area contributed by atoms with Crippen molar-refractivity contribution in [3.8, 4) is 46.0 Å². The maximum absolute atomic E-state index is 11.9. The van der Waals surface area contributed by atoms with Crippen molar-refractivity contribution in [2.75, 3.05) is 166 Å². The number of alkyl carbamates (subject to hydrolysis) is 1. The van der Waals surface area contributed by atoms with Crippen LogP contribution in [0.2, 0.25) is 0 Å². The molecule has 23 nitrogen and oxygen atoms in total. The lowest BCUT2D eigenvalue weighted by Crippen LogP contribution is -2.31. The van der Waals surface area contributed by atoms with Gasteiger partial charge in [-0.1, -0.05) is 255 Å². The number of benzene rings is 12. The van der Waals surface area contributed by atoms with Crippen LogP contribution in [0.3, 0.4) is 0 Å². The molecule has 0 heterocycles. The lowest BCUT2D eigenvalue weighted by atomic mass is 10.1. The van der Waals surface area contributed by atoms with Crippen LogP contribution < -0.4 is 54.3 Å². The number of rotatable bonds is 43. The minimum Gasteiger partial charge on any atom is -0.497 e. The first-order chi connectivity index (χ1) is 65.5. The van der Waals surface area contributed by atoms with E-state index in [4.69, 9.17) is 91.0 Å². The second-order valence-corrected chi connectivity index (χ2v) is 29.5. The van der Waals surface area contributed by atoms with Gasteiger partial charge in [0.05, 0.1) is 120 Å². The van der Waals surface area contributed by atoms with Crippen LogP contribution >= 0.6 is 0 Å². The third kappa shape index (κ3) is 49.7. The molecule has 4 N–H and O–H groups in total. The van der Waals surface area contributed by atoms with Crippen LogP contribution in [-0.2, 0) is 111 Å². The Bertz CT molecular complexity index is 4870. The van der Waals surface area contributed by atoms with Gasteiger partial charge < -0.3 is 102 Å². The molecule has 12 rings (SSSR count).